The van der Waals surface area contributed by atoms with E-state index in [-0.39, 0.29) is 6.04 Å². The molecule has 3 heteroatoms. The highest BCUT2D eigenvalue weighted by Crippen LogP contribution is 2.22. The van der Waals surface area contributed by atoms with Crippen LogP contribution in [-0.4, -0.2) is 23.0 Å². The van der Waals surface area contributed by atoms with E-state index in [0.717, 1.165) is 24.5 Å². The Labute approximate surface area is 127 Å². The molecule has 1 aromatic heterocycles. The average Bonchev–Trinajstić information content (AvgIpc) is 2.47. The van der Waals surface area contributed by atoms with Crippen molar-refractivity contribution in [3.05, 3.63) is 65.0 Å². The lowest BCUT2D eigenvalue weighted by atomic mass is 10.0. The van der Waals surface area contributed by atoms with Gasteiger partial charge in [0.1, 0.15) is 0 Å². The lowest BCUT2D eigenvalue weighted by Crippen LogP contribution is -2.33. The van der Waals surface area contributed by atoms with Crippen LogP contribution in [-0.2, 0) is 6.54 Å². The Bertz CT molecular complexity index is 580. The molecule has 0 aliphatic rings. The number of aryl methyl sites for hydroxylation is 2. The first-order valence-corrected chi connectivity index (χ1v) is 7.57. The minimum Gasteiger partial charge on any atom is -0.329 e. The molecule has 1 heterocycles. The molecule has 1 unspecified atom stereocenters. The fourth-order valence-corrected chi connectivity index (χ4v) is 2.71. The van der Waals surface area contributed by atoms with Gasteiger partial charge in [0.25, 0.3) is 0 Å². The van der Waals surface area contributed by atoms with Gasteiger partial charge in [0.05, 0.1) is 5.69 Å². The molecule has 0 spiro atoms. The van der Waals surface area contributed by atoms with Crippen molar-refractivity contribution >= 4 is 0 Å². The van der Waals surface area contributed by atoms with E-state index in [2.05, 4.69) is 60.1 Å². The second-order valence-corrected chi connectivity index (χ2v) is 5.50. The van der Waals surface area contributed by atoms with Crippen molar-refractivity contribution in [3.8, 4) is 0 Å². The topological polar surface area (TPSA) is 42.2 Å². The Balaban J connectivity index is 2.21. The van der Waals surface area contributed by atoms with Crippen LogP contribution in [0.25, 0.3) is 0 Å². The molecule has 112 valence electrons. The molecule has 0 aliphatic carbocycles. The molecule has 0 radical (unpaired) electrons. The van der Waals surface area contributed by atoms with Crippen LogP contribution in [0.2, 0.25) is 0 Å². The number of aromatic nitrogens is 1. The number of likely N-dealkylation sites (N-methyl/N-ethyl adjacent to an activating group) is 1. The SMILES string of the molecule is CCN(Cc1cccc(C)n1)C(CN)c1cccc(C)c1. The smallest absolute Gasteiger partial charge is 0.0547 e. The second kappa shape index (κ2) is 7.34. The summed E-state index contributed by atoms with van der Waals surface area (Å²) in [6.07, 6.45) is 0. The van der Waals surface area contributed by atoms with Gasteiger partial charge < -0.3 is 5.73 Å². The predicted octanol–water partition coefficient (Wildman–Crippen LogP) is 3.22. The minimum absolute atomic E-state index is 0.234. The molecule has 2 rings (SSSR count). The van der Waals surface area contributed by atoms with Crippen molar-refractivity contribution in [2.24, 2.45) is 5.73 Å². The highest BCUT2D eigenvalue weighted by atomic mass is 15.2. The molecule has 2 N–H and O–H groups in total. The van der Waals surface area contributed by atoms with Gasteiger partial charge in [-0.1, -0.05) is 42.8 Å². The van der Waals surface area contributed by atoms with Crippen LogP contribution in [0.5, 0.6) is 0 Å². The van der Waals surface area contributed by atoms with Gasteiger partial charge >= 0.3 is 0 Å². The Hall–Kier alpha value is -1.71. The fourth-order valence-electron chi connectivity index (χ4n) is 2.71. The Morgan fingerprint density at radius 1 is 1.14 bits per heavy atom. The molecule has 0 saturated heterocycles. The van der Waals surface area contributed by atoms with Crippen LogP contribution in [0, 0.1) is 13.8 Å². The van der Waals surface area contributed by atoms with Crippen LogP contribution in [0.1, 0.15) is 35.5 Å². The average molecular weight is 283 g/mol. The van der Waals surface area contributed by atoms with Crippen molar-refractivity contribution < 1.29 is 0 Å². The predicted molar refractivity (Wildman–Crippen MR) is 88.0 cm³/mol. The lowest BCUT2D eigenvalue weighted by molar-refractivity contribution is 0.201. The largest absolute Gasteiger partial charge is 0.329 e. The molecule has 0 aliphatic heterocycles. The van der Waals surface area contributed by atoms with Crippen molar-refractivity contribution in [2.75, 3.05) is 13.1 Å². The normalized spacial score (nSPS) is 12.6. The van der Waals surface area contributed by atoms with E-state index in [1.165, 1.54) is 11.1 Å². The maximum Gasteiger partial charge on any atom is 0.0547 e. The van der Waals surface area contributed by atoms with Crippen LogP contribution in [0.4, 0.5) is 0 Å². The van der Waals surface area contributed by atoms with Gasteiger partial charge in [-0.3, -0.25) is 9.88 Å². The zero-order valence-corrected chi connectivity index (χ0v) is 13.2. The third-order valence-electron chi connectivity index (χ3n) is 3.81. The molecular weight excluding hydrogens is 258 g/mol. The highest BCUT2D eigenvalue weighted by molar-refractivity contribution is 5.25. The third-order valence-corrected chi connectivity index (χ3v) is 3.81. The number of rotatable bonds is 6. The fraction of sp³-hybridized carbons (Fsp3) is 0.389. The number of nitrogens with zero attached hydrogens (tertiary/aromatic N) is 2. The number of hydrogen-bond acceptors (Lipinski definition) is 3. The molecule has 0 saturated carbocycles. The van der Waals surface area contributed by atoms with E-state index in [0.29, 0.717) is 6.54 Å². The highest BCUT2D eigenvalue weighted by Gasteiger charge is 2.18. The maximum absolute atomic E-state index is 6.05. The van der Waals surface area contributed by atoms with E-state index in [4.69, 9.17) is 5.73 Å². The van der Waals surface area contributed by atoms with E-state index in [1.54, 1.807) is 0 Å². The van der Waals surface area contributed by atoms with Crippen molar-refractivity contribution in [1.82, 2.24) is 9.88 Å². The number of benzene rings is 1. The summed E-state index contributed by atoms with van der Waals surface area (Å²) in [6.45, 7) is 8.72. The molecule has 0 bridgehead atoms. The molecule has 2 aromatic rings. The summed E-state index contributed by atoms with van der Waals surface area (Å²) in [7, 11) is 0. The molecule has 21 heavy (non-hydrogen) atoms. The van der Waals surface area contributed by atoms with Gasteiger partial charge in [0.2, 0.25) is 0 Å². The number of hydrogen-bond donors (Lipinski definition) is 1. The Kier molecular flexibility index (Phi) is 5.48. The summed E-state index contributed by atoms with van der Waals surface area (Å²) in [6, 6.07) is 15.0. The Morgan fingerprint density at radius 3 is 2.52 bits per heavy atom. The van der Waals surface area contributed by atoms with Gasteiger partial charge in [-0.15, -0.1) is 0 Å². The zero-order chi connectivity index (χ0) is 15.2. The van der Waals surface area contributed by atoms with Crippen LogP contribution < -0.4 is 5.73 Å². The second-order valence-electron chi connectivity index (χ2n) is 5.50. The van der Waals surface area contributed by atoms with Gasteiger partial charge in [0, 0.05) is 24.8 Å². The van der Waals surface area contributed by atoms with Crippen molar-refractivity contribution in [1.29, 1.82) is 0 Å². The minimum atomic E-state index is 0.234. The zero-order valence-electron chi connectivity index (χ0n) is 13.2. The first-order valence-electron chi connectivity index (χ1n) is 7.57. The van der Waals surface area contributed by atoms with E-state index >= 15 is 0 Å². The van der Waals surface area contributed by atoms with E-state index < -0.39 is 0 Å². The summed E-state index contributed by atoms with van der Waals surface area (Å²) >= 11 is 0. The monoisotopic (exact) mass is 283 g/mol. The van der Waals surface area contributed by atoms with E-state index in [1.807, 2.05) is 13.0 Å². The number of pyridine rings is 1. The first kappa shape index (κ1) is 15.7. The quantitative estimate of drug-likeness (QED) is 0.885. The maximum atomic E-state index is 6.05. The summed E-state index contributed by atoms with van der Waals surface area (Å²) in [5, 5.41) is 0. The molecule has 0 amide bonds. The molecule has 3 nitrogen and oxygen atoms in total. The standard InChI is InChI=1S/C18H25N3/c1-4-21(13-17-10-6-8-15(3)20-17)18(12-19)16-9-5-7-14(2)11-16/h5-11,18H,4,12-13,19H2,1-3H3. The lowest BCUT2D eigenvalue weighted by Gasteiger charge is -2.30. The van der Waals surface area contributed by atoms with Gasteiger partial charge in [-0.05, 0) is 38.1 Å². The van der Waals surface area contributed by atoms with Crippen LogP contribution in [0.15, 0.2) is 42.5 Å². The van der Waals surface area contributed by atoms with Gasteiger partial charge in [-0.2, -0.15) is 0 Å². The summed E-state index contributed by atoms with van der Waals surface area (Å²) < 4.78 is 0. The van der Waals surface area contributed by atoms with Crippen molar-refractivity contribution in [2.45, 2.75) is 33.4 Å². The van der Waals surface area contributed by atoms with Gasteiger partial charge in [0.15, 0.2) is 0 Å². The third kappa shape index (κ3) is 4.13. The van der Waals surface area contributed by atoms with Crippen LogP contribution >= 0.6 is 0 Å². The Morgan fingerprint density at radius 2 is 1.90 bits per heavy atom. The van der Waals surface area contributed by atoms with E-state index in [9.17, 15) is 0 Å². The summed E-state index contributed by atoms with van der Waals surface area (Å²) in [4.78, 5) is 6.99. The first-order chi connectivity index (χ1) is 10.1. The molecule has 1 atom stereocenters. The van der Waals surface area contributed by atoms with Gasteiger partial charge in [-0.25, -0.2) is 0 Å². The molecular formula is C18H25N3. The van der Waals surface area contributed by atoms with Crippen LogP contribution in [0.3, 0.4) is 0 Å². The van der Waals surface area contributed by atoms with Crippen molar-refractivity contribution in [3.63, 3.8) is 0 Å². The summed E-state index contributed by atoms with van der Waals surface area (Å²) in [5.41, 5.74) is 10.8. The molecule has 1 aromatic carbocycles. The number of nitrogens with two attached hydrogens (primary N) is 1. The molecule has 0 fully saturated rings. The summed E-state index contributed by atoms with van der Waals surface area (Å²) in [5.74, 6) is 0.